The lowest BCUT2D eigenvalue weighted by molar-refractivity contribution is -0.120. The Morgan fingerprint density at radius 3 is 2.89 bits per heavy atom. The van der Waals surface area contributed by atoms with Crippen LogP contribution >= 0.6 is 0 Å². The van der Waals surface area contributed by atoms with E-state index in [9.17, 15) is 4.79 Å². The summed E-state index contributed by atoms with van der Waals surface area (Å²) in [4.78, 5) is 15.0. The van der Waals surface area contributed by atoms with Gasteiger partial charge in [0.05, 0.1) is 18.7 Å². The molecule has 1 saturated heterocycles. The van der Waals surface area contributed by atoms with Gasteiger partial charge in [-0.3, -0.25) is 4.79 Å². The van der Waals surface area contributed by atoms with Gasteiger partial charge in [-0.25, -0.2) is 0 Å². The zero-order chi connectivity index (χ0) is 18.8. The molecule has 27 heavy (non-hydrogen) atoms. The van der Waals surface area contributed by atoms with Crippen LogP contribution in [0.4, 0.5) is 11.5 Å². The number of hydrogen-bond donors (Lipinski definition) is 1. The molecule has 1 atom stereocenters. The summed E-state index contributed by atoms with van der Waals surface area (Å²) in [7, 11) is 3.57. The molecule has 4 rings (SSSR count). The molecule has 1 aromatic carbocycles. The summed E-state index contributed by atoms with van der Waals surface area (Å²) in [5, 5.41) is 12.4. The van der Waals surface area contributed by atoms with E-state index in [1.165, 1.54) is 0 Å². The van der Waals surface area contributed by atoms with Gasteiger partial charge < -0.3 is 19.5 Å². The number of aryl methyl sites for hydroxylation is 1. The number of fused-ring (bicyclic) bond motifs is 1. The molecule has 0 aliphatic carbocycles. The zero-order valence-corrected chi connectivity index (χ0v) is 15.6. The van der Waals surface area contributed by atoms with Gasteiger partial charge in [0.25, 0.3) is 0 Å². The van der Waals surface area contributed by atoms with Crippen LogP contribution in [0.15, 0.2) is 42.6 Å². The number of nitrogens with zero attached hydrogens (tertiary/aromatic N) is 4. The van der Waals surface area contributed by atoms with Gasteiger partial charge in [0.2, 0.25) is 11.8 Å². The molecule has 0 unspecified atom stereocenters. The number of benzene rings is 1. The van der Waals surface area contributed by atoms with E-state index in [1.807, 2.05) is 37.5 Å². The van der Waals surface area contributed by atoms with Crippen molar-refractivity contribution in [2.75, 3.05) is 30.4 Å². The van der Waals surface area contributed by atoms with Gasteiger partial charge in [-0.1, -0.05) is 6.07 Å². The van der Waals surface area contributed by atoms with Crippen LogP contribution in [0.5, 0.6) is 5.88 Å². The van der Waals surface area contributed by atoms with Gasteiger partial charge in [0.15, 0.2) is 5.82 Å². The lowest BCUT2D eigenvalue weighted by atomic mass is 9.97. The van der Waals surface area contributed by atoms with Gasteiger partial charge in [0.1, 0.15) is 0 Å². The van der Waals surface area contributed by atoms with Crippen molar-refractivity contribution in [3.05, 3.63) is 42.6 Å². The maximum absolute atomic E-state index is 12.9. The van der Waals surface area contributed by atoms with E-state index in [-0.39, 0.29) is 11.8 Å². The number of ether oxygens (including phenoxy) is 1. The minimum absolute atomic E-state index is 0.0533. The number of aromatic nitrogens is 3. The van der Waals surface area contributed by atoms with Crippen molar-refractivity contribution >= 4 is 28.3 Å². The van der Waals surface area contributed by atoms with E-state index < -0.39 is 0 Å². The van der Waals surface area contributed by atoms with Gasteiger partial charge in [0, 0.05) is 43.3 Å². The Morgan fingerprint density at radius 1 is 1.22 bits per heavy atom. The number of nitrogens with one attached hydrogen (secondary N) is 1. The van der Waals surface area contributed by atoms with E-state index in [4.69, 9.17) is 4.74 Å². The average molecular weight is 365 g/mol. The summed E-state index contributed by atoms with van der Waals surface area (Å²) in [6.45, 7) is 1.51. The van der Waals surface area contributed by atoms with Crippen LogP contribution in [0.2, 0.25) is 0 Å². The van der Waals surface area contributed by atoms with E-state index >= 15 is 0 Å². The Labute approximate surface area is 157 Å². The fraction of sp³-hybridized carbons (Fsp3) is 0.350. The molecule has 7 heteroatoms. The first-order valence-corrected chi connectivity index (χ1v) is 9.13. The first-order chi connectivity index (χ1) is 13.2. The zero-order valence-electron chi connectivity index (χ0n) is 15.6. The summed E-state index contributed by atoms with van der Waals surface area (Å²) in [6, 6.07) is 11.7. The Balaban J connectivity index is 1.48. The number of carbonyl (C=O) groups excluding carboxylic acids is 1. The lowest BCUT2D eigenvalue weighted by Gasteiger charge is -2.32. The molecule has 0 radical (unpaired) electrons. The Hall–Kier alpha value is -3.09. The minimum Gasteiger partial charge on any atom is -0.480 e. The molecule has 1 aliphatic heterocycles. The summed E-state index contributed by atoms with van der Waals surface area (Å²) in [5.74, 6) is 1.23. The quantitative estimate of drug-likeness (QED) is 0.770. The van der Waals surface area contributed by atoms with Crippen molar-refractivity contribution in [1.82, 2.24) is 14.8 Å². The molecule has 0 spiro atoms. The average Bonchev–Trinajstić information content (AvgIpc) is 3.10. The molecule has 1 amide bonds. The van der Waals surface area contributed by atoms with Crippen LogP contribution in [-0.2, 0) is 11.8 Å². The fourth-order valence-corrected chi connectivity index (χ4v) is 3.64. The van der Waals surface area contributed by atoms with Crippen LogP contribution in [-0.4, -0.2) is 40.9 Å². The second-order valence-electron chi connectivity index (χ2n) is 6.87. The van der Waals surface area contributed by atoms with Gasteiger partial charge in [-0.15, -0.1) is 10.2 Å². The summed E-state index contributed by atoms with van der Waals surface area (Å²) in [5.41, 5.74) is 1.96. The van der Waals surface area contributed by atoms with E-state index in [0.29, 0.717) is 12.4 Å². The highest BCUT2D eigenvalue weighted by molar-refractivity contribution is 6.02. The molecular weight excluding hydrogens is 342 g/mol. The highest BCUT2D eigenvalue weighted by Crippen LogP contribution is 2.27. The molecule has 1 fully saturated rings. The first kappa shape index (κ1) is 17.3. The van der Waals surface area contributed by atoms with Crippen molar-refractivity contribution < 1.29 is 9.53 Å². The van der Waals surface area contributed by atoms with E-state index in [0.717, 1.165) is 41.8 Å². The topological polar surface area (TPSA) is 72.3 Å². The molecule has 0 saturated carbocycles. The maximum Gasteiger partial charge on any atom is 0.233 e. The number of carbonyl (C=O) groups is 1. The van der Waals surface area contributed by atoms with Gasteiger partial charge in [-0.2, -0.15) is 0 Å². The summed E-state index contributed by atoms with van der Waals surface area (Å²) in [6.07, 6.45) is 3.82. The minimum atomic E-state index is -0.0818. The highest BCUT2D eigenvalue weighted by atomic mass is 16.5. The van der Waals surface area contributed by atoms with Crippen LogP contribution < -0.4 is 15.0 Å². The molecule has 2 aromatic heterocycles. The number of rotatable bonds is 4. The van der Waals surface area contributed by atoms with E-state index in [1.54, 1.807) is 13.2 Å². The second kappa shape index (κ2) is 7.26. The third-order valence-corrected chi connectivity index (χ3v) is 5.14. The number of methoxy groups -OCH3 is 1. The van der Waals surface area contributed by atoms with Crippen molar-refractivity contribution in [1.29, 1.82) is 0 Å². The standard InChI is InChI=1S/C20H23N5O2/c1-24-12-10-15-16(6-3-7-17(15)24)21-20(26)14-5-4-11-25(13-14)18-8-9-19(27-2)23-22-18/h3,6-10,12,14H,4-5,11,13H2,1-2H3,(H,21,26)/t14-/m0/s1. The largest absolute Gasteiger partial charge is 0.480 e. The third-order valence-electron chi connectivity index (χ3n) is 5.14. The van der Waals surface area contributed by atoms with Crippen LogP contribution in [0.25, 0.3) is 10.9 Å². The molecule has 1 N–H and O–H groups in total. The molecular formula is C20H23N5O2. The summed E-state index contributed by atoms with van der Waals surface area (Å²) < 4.78 is 7.11. The maximum atomic E-state index is 12.9. The molecule has 3 heterocycles. The van der Waals surface area contributed by atoms with Crippen molar-refractivity contribution in [2.24, 2.45) is 13.0 Å². The Kier molecular flexibility index (Phi) is 4.66. The van der Waals surface area contributed by atoms with Crippen LogP contribution in [0.3, 0.4) is 0 Å². The molecule has 7 nitrogen and oxygen atoms in total. The molecule has 0 bridgehead atoms. The predicted molar refractivity (Wildman–Crippen MR) is 105 cm³/mol. The number of hydrogen-bond acceptors (Lipinski definition) is 5. The SMILES string of the molecule is COc1ccc(N2CCC[C@H](C(=O)Nc3cccc4c3ccn4C)C2)nn1. The number of piperidine rings is 1. The Morgan fingerprint density at radius 2 is 2.11 bits per heavy atom. The summed E-state index contributed by atoms with van der Waals surface area (Å²) >= 11 is 0. The van der Waals surface area contributed by atoms with Crippen LogP contribution in [0.1, 0.15) is 12.8 Å². The number of amides is 1. The Bertz CT molecular complexity index is 951. The van der Waals surface area contributed by atoms with Gasteiger partial charge in [-0.05, 0) is 37.1 Å². The predicted octanol–water partition coefficient (Wildman–Crippen LogP) is 2.83. The normalized spacial score (nSPS) is 17.1. The van der Waals surface area contributed by atoms with Gasteiger partial charge >= 0.3 is 0 Å². The second-order valence-corrected chi connectivity index (χ2v) is 6.87. The van der Waals surface area contributed by atoms with E-state index in [2.05, 4.69) is 31.0 Å². The molecule has 3 aromatic rings. The third kappa shape index (κ3) is 3.45. The highest BCUT2D eigenvalue weighted by Gasteiger charge is 2.27. The lowest BCUT2D eigenvalue weighted by Crippen LogP contribution is -2.41. The fourth-order valence-electron chi connectivity index (χ4n) is 3.64. The van der Waals surface area contributed by atoms with Crippen LogP contribution in [0, 0.1) is 5.92 Å². The van der Waals surface area contributed by atoms with Crippen molar-refractivity contribution in [3.63, 3.8) is 0 Å². The number of anilines is 2. The van der Waals surface area contributed by atoms with Crippen molar-refractivity contribution in [3.8, 4) is 5.88 Å². The smallest absolute Gasteiger partial charge is 0.233 e. The van der Waals surface area contributed by atoms with Crippen molar-refractivity contribution in [2.45, 2.75) is 12.8 Å². The molecule has 140 valence electrons. The molecule has 1 aliphatic rings. The monoisotopic (exact) mass is 365 g/mol. The first-order valence-electron chi connectivity index (χ1n) is 9.13.